The maximum atomic E-state index is 2.41. The SMILES string of the molecule is IC=CCCCCC=CCCCCCCCCCCC[PH](c1ccccc1)(c1ccccc1)c1ccccc1. The van der Waals surface area contributed by atoms with Gasteiger partial charge in [0.25, 0.3) is 0 Å². The first-order valence-corrected chi connectivity index (χ1v) is 18.9. The van der Waals surface area contributed by atoms with Gasteiger partial charge >= 0.3 is 191 Å². The molecule has 0 amide bonds. The second-order valence-electron chi connectivity index (χ2n) is 10.8. The molecule has 0 radical (unpaired) electrons. The number of hydrogen-bond acceptors (Lipinski definition) is 0. The molecule has 0 nitrogen and oxygen atoms in total. The van der Waals surface area contributed by atoms with Gasteiger partial charge in [0, 0.05) is 0 Å². The number of benzene rings is 3. The van der Waals surface area contributed by atoms with Gasteiger partial charge in [0.15, 0.2) is 0 Å². The van der Waals surface area contributed by atoms with Gasteiger partial charge in [-0.2, -0.15) is 0 Å². The van der Waals surface area contributed by atoms with E-state index >= 15 is 0 Å². The number of hydrogen-bond donors (Lipinski definition) is 0. The molecule has 210 valence electrons. The van der Waals surface area contributed by atoms with Crippen LogP contribution in [0.1, 0.15) is 89.9 Å². The Labute approximate surface area is 253 Å². The number of allylic oxidation sites excluding steroid dienone is 3. The Morgan fingerprint density at radius 3 is 1.15 bits per heavy atom. The minimum absolute atomic E-state index is 1.23. The van der Waals surface area contributed by atoms with Crippen LogP contribution in [0, 0.1) is 0 Å². The molecule has 3 aromatic rings. The van der Waals surface area contributed by atoms with Gasteiger partial charge in [-0.3, -0.25) is 0 Å². The van der Waals surface area contributed by atoms with Gasteiger partial charge in [0.05, 0.1) is 0 Å². The van der Waals surface area contributed by atoms with Crippen LogP contribution in [-0.2, 0) is 0 Å². The van der Waals surface area contributed by atoms with E-state index in [1.165, 1.54) is 96.1 Å². The van der Waals surface area contributed by atoms with Crippen LogP contribution in [0.25, 0.3) is 0 Å². The molecule has 0 saturated carbocycles. The van der Waals surface area contributed by atoms with Crippen LogP contribution in [0.3, 0.4) is 0 Å². The van der Waals surface area contributed by atoms with Gasteiger partial charge in [0.2, 0.25) is 0 Å². The molecule has 39 heavy (non-hydrogen) atoms. The van der Waals surface area contributed by atoms with Crippen molar-refractivity contribution in [1.29, 1.82) is 0 Å². The molecule has 0 fully saturated rings. The first-order valence-electron chi connectivity index (χ1n) is 15.4. The fourth-order valence-corrected chi connectivity index (χ4v) is 11.1. The molecule has 2 heteroatoms. The Morgan fingerprint density at radius 2 is 0.744 bits per heavy atom. The van der Waals surface area contributed by atoms with Crippen LogP contribution < -0.4 is 15.9 Å². The molecule has 0 aliphatic rings. The van der Waals surface area contributed by atoms with Crippen LogP contribution in [0.5, 0.6) is 0 Å². The van der Waals surface area contributed by atoms with Crippen molar-refractivity contribution in [1.82, 2.24) is 0 Å². The molecule has 0 spiro atoms. The van der Waals surface area contributed by atoms with Crippen molar-refractivity contribution < 1.29 is 0 Å². The molecule has 0 N–H and O–H groups in total. The molecular formula is C37H50IP. The third kappa shape index (κ3) is 11.4. The van der Waals surface area contributed by atoms with Gasteiger partial charge in [-0.05, 0) is 29.8 Å². The predicted octanol–water partition coefficient (Wildman–Crippen LogP) is 10.7. The summed E-state index contributed by atoms with van der Waals surface area (Å²) in [6, 6.07) is 34.1. The molecule has 0 aliphatic heterocycles. The molecule has 3 aromatic carbocycles. The normalized spacial score (nSPS) is 12.4. The van der Waals surface area contributed by atoms with Gasteiger partial charge in [-0.15, -0.1) is 0 Å². The van der Waals surface area contributed by atoms with E-state index in [1.54, 1.807) is 15.9 Å². The summed E-state index contributed by atoms with van der Waals surface area (Å²) in [6.07, 6.45) is 27.2. The topological polar surface area (TPSA) is 0 Å². The second-order valence-corrected chi connectivity index (χ2v) is 15.6. The van der Waals surface area contributed by atoms with Gasteiger partial charge in [0.1, 0.15) is 0 Å². The van der Waals surface area contributed by atoms with E-state index in [9.17, 15) is 0 Å². The molecule has 0 saturated heterocycles. The van der Waals surface area contributed by atoms with Crippen molar-refractivity contribution in [2.24, 2.45) is 0 Å². The average Bonchev–Trinajstić information content (AvgIpc) is 3.00. The van der Waals surface area contributed by atoms with Crippen molar-refractivity contribution >= 4 is 45.8 Å². The van der Waals surface area contributed by atoms with E-state index in [2.05, 4.69) is 136 Å². The van der Waals surface area contributed by atoms with Gasteiger partial charge < -0.3 is 0 Å². The van der Waals surface area contributed by atoms with E-state index in [4.69, 9.17) is 0 Å². The zero-order valence-electron chi connectivity index (χ0n) is 24.0. The molecular weight excluding hydrogens is 602 g/mol. The zero-order chi connectivity index (χ0) is 27.3. The van der Waals surface area contributed by atoms with Crippen molar-refractivity contribution in [3.05, 3.63) is 113 Å². The fourth-order valence-electron chi connectivity index (χ4n) is 5.81. The zero-order valence-corrected chi connectivity index (χ0v) is 27.1. The average molecular weight is 653 g/mol. The van der Waals surface area contributed by atoms with E-state index < -0.39 is 7.26 Å². The fraction of sp³-hybridized carbons (Fsp3) is 0.405. The first kappa shape index (κ1) is 31.8. The van der Waals surface area contributed by atoms with Gasteiger partial charge in [-0.1, -0.05) is 34.7 Å². The van der Waals surface area contributed by atoms with Crippen LogP contribution in [0.4, 0.5) is 0 Å². The molecule has 0 bridgehead atoms. The summed E-state index contributed by atoms with van der Waals surface area (Å²) in [6.45, 7) is 0. The maximum absolute atomic E-state index is 2.41. The Balaban J connectivity index is 1.37. The van der Waals surface area contributed by atoms with Crippen molar-refractivity contribution in [3.8, 4) is 0 Å². The van der Waals surface area contributed by atoms with Crippen molar-refractivity contribution in [2.45, 2.75) is 89.9 Å². The number of halogens is 1. The molecule has 0 aromatic heterocycles. The van der Waals surface area contributed by atoms with E-state index in [0.29, 0.717) is 0 Å². The summed E-state index contributed by atoms with van der Waals surface area (Å²) in [4.78, 5) is 0. The molecule has 3 rings (SSSR count). The summed E-state index contributed by atoms with van der Waals surface area (Å²) in [5, 5.41) is 4.63. The third-order valence-corrected chi connectivity index (χ3v) is 13.5. The van der Waals surface area contributed by atoms with Gasteiger partial charge in [-0.25, -0.2) is 0 Å². The summed E-state index contributed by atoms with van der Waals surface area (Å²) >= 11 is 2.30. The number of rotatable bonds is 20. The van der Waals surface area contributed by atoms with Crippen LogP contribution in [0.15, 0.2) is 113 Å². The van der Waals surface area contributed by atoms with Crippen LogP contribution in [-0.4, -0.2) is 6.16 Å². The molecule has 0 atom stereocenters. The van der Waals surface area contributed by atoms with Crippen molar-refractivity contribution in [2.75, 3.05) is 6.16 Å². The Kier molecular flexibility index (Phi) is 16.5. The Morgan fingerprint density at radius 1 is 0.410 bits per heavy atom. The molecule has 0 heterocycles. The third-order valence-electron chi connectivity index (χ3n) is 7.97. The Hall–Kier alpha value is -1.70. The van der Waals surface area contributed by atoms with E-state index in [0.717, 1.165) is 0 Å². The Bertz CT molecular complexity index is 946. The summed E-state index contributed by atoms with van der Waals surface area (Å²) < 4.78 is 2.13. The molecule has 0 unspecified atom stereocenters. The summed E-state index contributed by atoms with van der Waals surface area (Å²) in [5.74, 6) is 0. The minimum atomic E-state index is -2.04. The van der Waals surface area contributed by atoms with E-state index in [1.807, 2.05) is 0 Å². The second kappa shape index (κ2) is 20.2. The van der Waals surface area contributed by atoms with E-state index in [-0.39, 0.29) is 0 Å². The predicted molar refractivity (Wildman–Crippen MR) is 188 cm³/mol. The summed E-state index contributed by atoms with van der Waals surface area (Å²) in [7, 11) is -2.04. The molecule has 0 aliphatic carbocycles. The monoisotopic (exact) mass is 652 g/mol. The van der Waals surface area contributed by atoms with Crippen LogP contribution in [0.2, 0.25) is 0 Å². The van der Waals surface area contributed by atoms with Crippen LogP contribution >= 0.6 is 29.9 Å². The first-order chi connectivity index (χ1) is 19.4. The quantitative estimate of drug-likeness (QED) is 0.0493. The van der Waals surface area contributed by atoms with Crippen molar-refractivity contribution in [3.63, 3.8) is 0 Å². The summed E-state index contributed by atoms with van der Waals surface area (Å²) in [5.41, 5.74) is 0. The number of unbranched alkanes of at least 4 members (excludes halogenated alkanes) is 12. The standard InChI is InChI=1S/C37H50IP/c38-33-25-14-12-10-8-6-4-2-1-3-5-7-9-11-13-15-26-34-39(35-27-19-16-20-28-35,36-29-21-17-22-30-36)37-31-23-18-24-32-37/h4,6,16-25,27-33,39H,1-3,5,7-15,26,34H2.